The van der Waals surface area contributed by atoms with Gasteiger partial charge in [-0.1, -0.05) is 62.4 Å². The molecule has 0 bridgehead atoms. The lowest BCUT2D eigenvalue weighted by Crippen LogP contribution is -2.44. The molecule has 0 aliphatic carbocycles. The van der Waals surface area contributed by atoms with Gasteiger partial charge in [0.05, 0.1) is 18.8 Å². The standard InChI is InChI=1S/C28H45NO5/c1-23(29-27(32)34-28(2,3)4)26(33-22-24-16-12-11-13-17-24)20-19-25(31)18-14-9-7-5-6-8-10-15-21-30/h11-13,16-17,21,23,26H,5-10,14-15,18-20,22H2,1-4H3,(H,29,32)/t23-,26+/m0/s1. The summed E-state index contributed by atoms with van der Waals surface area (Å²) >= 11 is 0. The number of ketones is 1. The lowest BCUT2D eigenvalue weighted by Gasteiger charge is -2.27. The Labute approximate surface area is 206 Å². The van der Waals surface area contributed by atoms with Crippen LogP contribution in [0.2, 0.25) is 0 Å². The lowest BCUT2D eigenvalue weighted by molar-refractivity contribution is -0.120. The minimum atomic E-state index is -0.574. The van der Waals surface area contributed by atoms with Gasteiger partial charge in [0, 0.05) is 19.3 Å². The average molecular weight is 476 g/mol. The second-order valence-corrected chi connectivity index (χ2v) is 10.0. The van der Waals surface area contributed by atoms with Crippen LogP contribution in [-0.2, 0) is 25.7 Å². The molecule has 0 radical (unpaired) electrons. The molecule has 34 heavy (non-hydrogen) atoms. The first-order valence-electron chi connectivity index (χ1n) is 12.8. The number of hydrogen-bond acceptors (Lipinski definition) is 5. The maximum atomic E-state index is 12.5. The molecule has 2 atom stereocenters. The van der Waals surface area contributed by atoms with Crippen molar-refractivity contribution in [2.45, 2.75) is 123 Å². The predicted octanol–water partition coefficient (Wildman–Crippen LogP) is 6.54. The molecule has 1 aromatic carbocycles. The molecular weight excluding hydrogens is 430 g/mol. The Balaban J connectivity index is 2.42. The molecule has 0 heterocycles. The summed E-state index contributed by atoms with van der Waals surface area (Å²) < 4.78 is 11.5. The molecule has 1 amide bonds. The van der Waals surface area contributed by atoms with E-state index in [1.165, 1.54) is 0 Å². The fourth-order valence-electron chi connectivity index (χ4n) is 3.70. The number of aldehydes is 1. The fraction of sp³-hybridized carbons (Fsp3) is 0.679. The molecule has 0 fully saturated rings. The van der Waals surface area contributed by atoms with E-state index in [-0.39, 0.29) is 17.9 Å². The maximum Gasteiger partial charge on any atom is 0.407 e. The van der Waals surface area contributed by atoms with E-state index in [4.69, 9.17) is 9.47 Å². The monoisotopic (exact) mass is 475 g/mol. The number of ether oxygens (including phenoxy) is 2. The highest BCUT2D eigenvalue weighted by Crippen LogP contribution is 2.16. The zero-order chi connectivity index (χ0) is 25.2. The molecule has 6 nitrogen and oxygen atoms in total. The number of nitrogens with one attached hydrogen (secondary N) is 1. The summed E-state index contributed by atoms with van der Waals surface area (Å²) in [7, 11) is 0. The van der Waals surface area contributed by atoms with Crippen LogP contribution in [0.15, 0.2) is 30.3 Å². The number of rotatable bonds is 18. The molecule has 0 aromatic heterocycles. The highest BCUT2D eigenvalue weighted by atomic mass is 16.6. The van der Waals surface area contributed by atoms with Crippen LogP contribution in [0.5, 0.6) is 0 Å². The van der Waals surface area contributed by atoms with Gasteiger partial charge in [-0.15, -0.1) is 0 Å². The average Bonchev–Trinajstić information content (AvgIpc) is 2.77. The van der Waals surface area contributed by atoms with E-state index >= 15 is 0 Å². The molecule has 0 saturated heterocycles. The SMILES string of the molecule is C[C@H](NC(=O)OC(C)(C)C)[C@@H](CCC(=O)CCCCCCCCCC=O)OCc1ccccc1. The molecule has 192 valence electrons. The molecule has 1 N–H and O–H groups in total. The largest absolute Gasteiger partial charge is 0.444 e. The molecule has 0 aliphatic heterocycles. The first kappa shape index (κ1) is 29.8. The van der Waals surface area contributed by atoms with Crippen molar-refractivity contribution >= 4 is 18.2 Å². The molecule has 1 rings (SSSR count). The third-order valence-electron chi connectivity index (χ3n) is 5.59. The molecule has 1 aromatic rings. The van der Waals surface area contributed by atoms with Gasteiger partial charge in [-0.25, -0.2) is 4.79 Å². The van der Waals surface area contributed by atoms with Gasteiger partial charge in [-0.05, 0) is 52.5 Å². The summed E-state index contributed by atoms with van der Waals surface area (Å²) in [6, 6.07) is 9.59. The van der Waals surface area contributed by atoms with Gasteiger partial charge in [0.1, 0.15) is 17.7 Å². The number of carbonyl (C=O) groups is 3. The second kappa shape index (κ2) is 17.3. The van der Waals surface area contributed by atoms with E-state index in [0.717, 1.165) is 56.8 Å². The number of amides is 1. The predicted molar refractivity (Wildman–Crippen MR) is 136 cm³/mol. The quantitative estimate of drug-likeness (QED) is 0.192. The minimum absolute atomic E-state index is 0.240. The number of Topliss-reactive ketones (excluding diaryl/α,β-unsaturated/α-hetero) is 1. The van der Waals surface area contributed by atoms with Crippen LogP contribution in [0.4, 0.5) is 4.79 Å². The maximum absolute atomic E-state index is 12.5. The molecule has 0 spiro atoms. The first-order chi connectivity index (χ1) is 16.2. The molecule has 0 saturated carbocycles. The highest BCUT2D eigenvalue weighted by molar-refractivity contribution is 5.78. The van der Waals surface area contributed by atoms with Crippen LogP contribution < -0.4 is 5.32 Å². The molecular formula is C28H45NO5. The van der Waals surface area contributed by atoms with Gasteiger partial charge >= 0.3 is 6.09 Å². The van der Waals surface area contributed by atoms with Crippen molar-refractivity contribution in [3.05, 3.63) is 35.9 Å². The van der Waals surface area contributed by atoms with Crippen molar-refractivity contribution in [3.8, 4) is 0 Å². The number of unbranched alkanes of at least 4 members (excludes halogenated alkanes) is 7. The Morgan fingerprint density at radius 2 is 1.56 bits per heavy atom. The smallest absolute Gasteiger partial charge is 0.407 e. The van der Waals surface area contributed by atoms with E-state index < -0.39 is 11.7 Å². The van der Waals surface area contributed by atoms with Crippen LogP contribution in [0, 0.1) is 0 Å². The third-order valence-corrected chi connectivity index (χ3v) is 5.59. The molecule has 0 unspecified atom stereocenters. The van der Waals surface area contributed by atoms with Crippen molar-refractivity contribution in [2.75, 3.05) is 0 Å². The summed E-state index contributed by atoms with van der Waals surface area (Å²) in [6.07, 6.45) is 9.97. The lowest BCUT2D eigenvalue weighted by atomic mass is 10.0. The summed E-state index contributed by atoms with van der Waals surface area (Å²) in [4.78, 5) is 35.0. The van der Waals surface area contributed by atoms with Crippen LogP contribution in [0.1, 0.15) is 104 Å². The van der Waals surface area contributed by atoms with Gasteiger partial charge in [-0.2, -0.15) is 0 Å². The van der Waals surface area contributed by atoms with Crippen molar-refractivity contribution in [1.82, 2.24) is 5.32 Å². The Morgan fingerprint density at radius 3 is 2.18 bits per heavy atom. The Bertz CT molecular complexity index is 698. The number of carbonyl (C=O) groups excluding carboxylic acids is 3. The van der Waals surface area contributed by atoms with Gasteiger partial charge in [0.15, 0.2) is 0 Å². The summed E-state index contributed by atoms with van der Waals surface area (Å²) in [5.74, 6) is 0.240. The highest BCUT2D eigenvalue weighted by Gasteiger charge is 2.24. The van der Waals surface area contributed by atoms with Crippen molar-refractivity contribution in [3.63, 3.8) is 0 Å². The number of alkyl carbamates (subject to hydrolysis) is 1. The van der Waals surface area contributed by atoms with Gasteiger partial charge in [0.2, 0.25) is 0 Å². The van der Waals surface area contributed by atoms with Crippen molar-refractivity contribution < 1.29 is 23.9 Å². The first-order valence-corrected chi connectivity index (χ1v) is 12.8. The Morgan fingerprint density at radius 1 is 0.941 bits per heavy atom. The summed E-state index contributed by atoms with van der Waals surface area (Å²) in [5, 5.41) is 2.86. The van der Waals surface area contributed by atoms with Gasteiger partial charge in [0.25, 0.3) is 0 Å². The van der Waals surface area contributed by atoms with Crippen LogP contribution in [0.3, 0.4) is 0 Å². The van der Waals surface area contributed by atoms with Crippen LogP contribution in [-0.4, -0.2) is 35.9 Å². The third kappa shape index (κ3) is 15.6. The molecule has 6 heteroatoms. The number of benzene rings is 1. The van der Waals surface area contributed by atoms with Crippen molar-refractivity contribution in [2.24, 2.45) is 0 Å². The Kier molecular flexibility index (Phi) is 15.1. The topological polar surface area (TPSA) is 81.7 Å². The van der Waals surface area contributed by atoms with E-state index in [9.17, 15) is 14.4 Å². The minimum Gasteiger partial charge on any atom is -0.444 e. The van der Waals surface area contributed by atoms with E-state index in [2.05, 4.69) is 5.32 Å². The fourth-order valence-corrected chi connectivity index (χ4v) is 3.70. The van der Waals surface area contributed by atoms with E-state index in [0.29, 0.717) is 32.3 Å². The zero-order valence-electron chi connectivity index (χ0n) is 21.6. The number of hydrogen-bond donors (Lipinski definition) is 1. The second-order valence-electron chi connectivity index (χ2n) is 10.0. The van der Waals surface area contributed by atoms with Gasteiger partial charge in [-0.3, -0.25) is 4.79 Å². The van der Waals surface area contributed by atoms with Gasteiger partial charge < -0.3 is 19.6 Å². The summed E-state index contributed by atoms with van der Waals surface area (Å²) in [6.45, 7) is 7.79. The normalized spacial score (nSPS) is 13.2. The van der Waals surface area contributed by atoms with E-state index in [1.807, 2.05) is 58.0 Å². The van der Waals surface area contributed by atoms with Crippen molar-refractivity contribution in [1.29, 1.82) is 0 Å². The zero-order valence-corrected chi connectivity index (χ0v) is 21.6. The summed E-state index contributed by atoms with van der Waals surface area (Å²) in [5.41, 5.74) is 0.477. The van der Waals surface area contributed by atoms with Crippen LogP contribution in [0.25, 0.3) is 0 Å². The molecule has 0 aliphatic rings. The van der Waals surface area contributed by atoms with E-state index in [1.54, 1.807) is 0 Å². The van der Waals surface area contributed by atoms with Crippen LogP contribution >= 0.6 is 0 Å². The Hall–Kier alpha value is -2.21.